The Morgan fingerprint density at radius 1 is 1.14 bits per heavy atom. The number of rotatable bonds is 1. The summed E-state index contributed by atoms with van der Waals surface area (Å²) in [6.07, 6.45) is 1.57. The van der Waals surface area contributed by atoms with Crippen molar-refractivity contribution in [2.45, 2.75) is 4.90 Å². The van der Waals surface area contributed by atoms with Crippen molar-refractivity contribution in [3.8, 4) is 0 Å². The SMILES string of the molecule is O=S([O-])c1ccccc1.O=c1[nH]ncc2cc(Cl)ccc12.[Na+]. The van der Waals surface area contributed by atoms with Gasteiger partial charge in [-0.1, -0.05) is 29.8 Å². The number of aromatic nitrogens is 2. The van der Waals surface area contributed by atoms with Crippen molar-refractivity contribution in [3.63, 3.8) is 0 Å². The molecule has 108 valence electrons. The van der Waals surface area contributed by atoms with Crippen LogP contribution < -0.4 is 35.1 Å². The normalized spacial score (nSPS) is 11.0. The van der Waals surface area contributed by atoms with Gasteiger partial charge >= 0.3 is 29.6 Å². The minimum absolute atomic E-state index is 0. The Hall–Kier alpha value is -1.02. The maximum absolute atomic E-state index is 11.1. The van der Waals surface area contributed by atoms with Gasteiger partial charge in [0.1, 0.15) is 0 Å². The molecule has 0 radical (unpaired) electrons. The molecular weight excluding hydrogens is 335 g/mol. The summed E-state index contributed by atoms with van der Waals surface area (Å²) in [4.78, 5) is 11.5. The molecule has 0 saturated carbocycles. The first-order valence-corrected chi connectivity index (χ1v) is 7.30. The van der Waals surface area contributed by atoms with E-state index in [1.54, 1.807) is 54.7 Å². The molecule has 1 aromatic heterocycles. The molecule has 1 N–H and O–H groups in total. The van der Waals surface area contributed by atoms with E-state index >= 15 is 0 Å². The van der Waals surface area contributed by atoms with E-state index < -0.39 is 11.1 Å². The number of nitrogens with zero attached hydrogens (tertiary/aromatic N) is 1. The third kappa shape index (κ3) is 5.31. The van der Waals surface area contributed by atoms with Crippen molar-refractivity contribution < 1.29 is 38.3 Å². The van der Waals surface area contributed by atoms with E-state index in [1.807, 2.05) is 0 Å². The van der Waals surface area contributed by atoms with E-state index in [9.17, 15) is 13.6 Å². The number of H-pyrrole nitrogens is 1. The number of aromatic amines is 1. The summed E-state index contributed by atoms with van der Waals surface area (Å²) in [5, 5.41) is 7.97. The molecule has 5 nitrogen and oxygen atoms in total. The minimum Gasteiger partial charge on any atom is -0.768 e. The van der Waals surface area contributed by atoms with Crippen LogP contribution in [0, 0.1) is 0 Å². The largest absolute Gasteiger partial charge is 1.00 e. The summed E-state index contributed by atoms with van der Waals surface area (Å²) in [5.74, 6) is 0. The fourth-order valence-corrected chi connectivity index (χ4v) is 2.16. The molecule has 2 aromatic carbocycles. The fraction of sp³-hybridized carbons (Fsp3) is 0. The van der Waals surface area contributed by atoms with Crippen molar-refractivity contribution in [1.82, 2.24) is 10.2 Å². The molecule has 0 fully saturated rings. The van der Waals surface area contributed by atoms with Gasteiger partial charge in [-0.25, -0.2) is 5.10 Å². The van der Waals surface area contributed by atoms with Gasteiger partial charge in [0.25, 0.3) is 5.56 Å². The standard InChI is InChI=1S/C8H5ClN2O.C6H6O2S.Na/c9-6-1-2-7-5(3-6)4-10-11-8(7)12;7-9(8)6-4-2-1-3-5-6;/h1-4H,(H,11,12);1-5H,(H,7,8);/q;;+1/p-1. The van der Waals surface area contributed by atoms with Crippen LogP contribution >= 0.6 is 11.6 Å². The Labute approximate surface area is 156 Å². The third-order valence-electron chi connectivity index (χ3n) is 2.56. The fourth-order valence-electron chi connectivity index (χ4n) is 1.60. The van der Waals surface area contributed by atoms with Crippen LogP contribution in [-0.2, 0) is 11.1 Å². The predicted octanol–water partition coefficient (Wildman–Crippen LogP) is -0.495. The molecule has 0 aliphatic heterocycles. The molecule has 1 heterocycles. The van der Waals surface area contributed by atoms with Crippen molar-refractivity contribution in [2.24, 2.45) is 0 Å². The third-order valence-corrected chi connectivity index (χ3v) is 3.46. The second-order valence-electron chi connectivity index (χ2n) is 3.98. The molecule has 1 atom stereocenters. The van der Waals surface area contributed by atoms with E-state index in [0.717, 1.165) is 5.39 Å². The summed E-state index contributed by atoms with van der Waals surface area (Å²) in [5.41, 5.74) is -0.191. The molecule has 3 rings (SSSR count). The van der Waals surface area contributed by atoms with Gasteiger partial charge in [-0.15, -0.1) is 0 Å². The molecule has 0 spiro atoms. The van der Waals surface area contributed by atoms with Crippen LogP contribution in [0.5, 0.6) is 0 Å². The van der Waals surface area contributed by atoms with E-state index in [-0.39, 0.29) is 35.1 Å². The summed E-state index contributed by atoms with van der Waals surface area (Å²) >= 11 is 3.65. The zero-order chi connectivity index (χ0) is 15.2. The second-order valence-corrected chi connectivity index (χ2v) is 5.36. The maximum atomic E-state index is 11.1. The first-order chi connectivity index (χ1) is 10.1. The maximum Gasteiger partial charge on any atom is 1.00 e. The Balaban J connectivity index is 0.000000219. The van der Waals surface area contributed by atoms with Crippen molar-refractivity contribution in [3.05, 3.63) is 70.1 Å². The molecule has 0 saturated heterocycles. The van der Waals surface area contributed by atoms with Crippen LogP contribution in [0.4, 0.5) is 0 Å². The Morgan fingerprint density at radius 3 is 2.41 bits per heavy atom. The van der Waals surface area contributed by atoms with Gasteiger partial charge in [-0.2, -0.15) is 5.10 Å². The van der Waals surface area contributed by atoms with Gasteiger partial charge < -0.3 is 4.55 Å². The Morgan fingerprint density at radius 2 is 1.82 bits per heavy atom. The number of hydrogen-bond donors (Lipinski definition) is 1. The summed E-state index contributed by atoms with van der Waals surface area (Å²) in [7, 11) is 0. The Bertz CT molecular complexity index is 827. The van der Waals surface area contributed by atoms with E-state index in [2.05, 4.69) is 10.2 Å². The number of fused-ring (bicyclic) bond motifs is 1. The summed E-state index contributed by atoms with van der Waals surface area (Å²) < 4.78 is 20.4. The van der Waals surface area contributed by atoms with Crippen LogP contribution in [0.2, 0.25) is 5.02 Å². The number of hydrogen-bond acceptors (Lipinski definition) is 4. The van der Waals surface area contributed by atoms with Crippen LogP contribution in [0.15, 0.2) is 64.4 Å². The van der Waals surface area contributed by atoms with Crippen LogP contribution in [0.1, 0.15) is 0 Å². The Kier molecular flexibility index (Phi) is 7.95. The average Bonchev–Trinajstić information content (AvgIpc) is 2.49. The molecule has 22 heavy (non-hydrogen) atoms. The number of benzene rings is 2. The summed E-state index contributed by atoms with van der Waals surface area (Å²) in [6.45, 7) is 0. The van der Waals surface area contributed by atoms with Crippen LogP contribution in [0.3, 0.4) is 0 Å². The van der Waals surface area contributed by atoms with Gasteiger partial charge in [-0.3, -0.25) is 9.00 Å². The zero-order valence-corrected chi connectivity index (χ0v) is 15.2. The molecule has 0 aliphatic carbocycles. The van der Waals surface area contributed by atoms with Crippen LogP contribution in [-0.4, -0.2) is 19.0 Å². The minimum atomic E-state index is -2.08. The topological polar surface area (TPSA) is 85.9 Å². The second kappa shape index (κ2) is 9.19. The molecular formula is C14H10ClN2NaO3S. The monoisotopic (exact) mass is 344 g/mol. The quantitative estimate of drug-likeness (QED) is 0.476. The van der Waals surface area contributed by atoms with Crippen molar-refractivity contribution in [1.29, 1.82) is 0 Å². The number of nitrogens with one attached hydrogen (secondary N) is 1. The van der Waals surface area contributed by atoms with Gasteiger partial charge in [-0.05, 0) is 41.4 Å². The molecule has 3 aromatic rings. The zero-order valence-electron chi connectivity index (χ0n) is 11.7. The van der Waals surface area contributed by atoms with Gasteiger partial charge in [0.15, 0.2) is 0 Å². The summed E-state index contributed by atoms with van der Waals surface area (Å²) in [6, 6.07) is 13.3. The van der Waals surface area contributed by atoms with Crippen molar-refractivity contribution in [2.75, 3.05) is 0 Å². The van der Waals surface area contributed by atoms with Gasteiger partial charge in [0.2, 0.25) is 0 Å². The molecule has 0 aliphatic rings. The smallest absolute Gasteiger partial charge is 0.768 e. The van der Waals surface area contributed by atoms with Gasteiger partial charge in [0.05, 0.1) is 11.6 Å². The van der Waals surface area contributed by atoms with Crippen LogP contribution in [0.25, 0.3) is 10.8 Å². The van der Waals surface area contributed by atoms with Gasteiger partial charge in [0, 0.05) is 15.3 Å². The van der Waals surface area contributed by atoms with E-state index in [0.29, 0.717) is 15.3 Å². The van der Waals surface area contributed by atoms with Crippen molar-refractivity contribution >= 4 is 33.5 Å². The first kappa shape index (κ1) is 19.0. The molecule has 8 heteroatoms. The predicted molar refractivity (Wildman–Crippen MR) is 81.0 cm³/mol. The first-order valence-electron chi connectivity index (χ1n) is 5.85. The molecule has 0 amide bonds. The van der Waals surface area contributed by atoms with E-state index in [4.69, 9.17) is 11.6 Å². The molecule has 0 bridgehead atoms. The average molecular weight is 345 g/mol. The van der Waals surface area contributed by atoms with E-state index in [1.165, 1.54) is 0 Å². The number of halogens is 1. The molecule has 1 unspecified atom stereocenters.